The molecule has 3 heteroatoms. The topological polar surface area (TPSA) is 32.3 Å². The fourth-order valence-electron chi connectivity index (χ4n) is 2.23. The van der Waals surface area contributed by atoms with Crippen LogP contribution in [0.15, 0.2) is 18.2 Å². The molecular formula is C13H18FNO. The number of benzene rings is 1. The average molecular weight is 223 g/mol. The van der Waals surface area contributed by atoms with Crippen molar-refractivity contribution in [3.05, 3.63) is 29.6 Å². The molecule has 16 heavy (non-hydrogen) atoms. The number of aliphatic hydroxyl groups excluding tert-OH is 1. The second kappa shape index (κ2) is 4.83. The summed E-state index contributed by atoms with van der Waals surface area (Å²) in [5.41, 5.74) is 1.94. The Morgan fingerprint density at radius 1 is 1.25 bits per heavy atom. The molecule has 88 valence electrons. The van der Waals surface area contributed by atoms with Crippen molar-refractivity contribution < 1.29 is 9.50 Å². The number of halogens is 1. The van der Waals surface area contributed by atoms with E-state index in [1.165, 1.54) is 6.07 Å². The first kappa shape index (κ1) is 11.4. The minimum absolute atomic E-state index is 0.132. The van der Waals surface area contributed by atoms with Crippen molar-refractivity contribution in [1.82, 2.24) is 0 Å². The summed E-state index contributed by atoms with van der Waals surface area (Å²) in [6.07, 6.45) is 3.55. The van der Waals surface area contributed by atoms with Crippen LogP contribution in [0.1, 0.15) is 31.2 Å². The van der Waals surface area contributed by atoms with Crippen molar-refractivity contribution in [3.63, 3.8) is 0 Å². The van der Waals surface area contributed by atoms with Gasteiger partial charge in [-0.3, -0.25) is 0 Å². The molecule has 0 aliphatic heterocycles. The molecule has 0 bridgehead atoms. The Balaban J connectivity index is 1.98. The molecule has 2 rings (SSSR count). The summed E-state index contributed by atoms with van der Waals surface area (Å²) in [6, 6.07) is 5.22. The maximum Gasteiger partial charge on any atom is 0.123 e. The van der Waals surface area contributed by atoms with Crippen molar-refractivity contribution in [2.24, 2.45) is 0 Å². The summed E-state index contributed by atoms with van der Waals surface area (Å²) in [7, 11) is 0. The highest BCUT2D eigenvalue weighted by Crippen LogP contribution is 2.24. The monoisotopic (exact) mass is 223 g/mol. The smallest absolute Gasteiger partial charge is 0.123 e. The number of hydrogen-bond donors (Lipinski definition) is 2. The lowest BCUT2D eigenvalue weighted by atomic mass is 9.93. The minimum atomic E-state index is -0.192. The van der Waals surface area contributed by atoms with E-state index in [-0.39, 0.29) is 11.9 Å². The van der Waals surface area contributed by atoms with Crippen LogP contribution in [0.5, 0.6) is 0 Å². The molecule has 1 aliphatic carbocycles. The van der Waals surface area contributed by atoms with Gasteiger partial charge in [0.05, 0.1) is 6.10 Å². The van der Waals surface area contributed by atoms with Gasteiger partial charge in [-0.2, -0.15) is 0 Å². The summed E-state index contributed by atoms with van der Waals surface area (Å²) in [5.74, 6) is -0.192. The second-order valence-electron chi connectivity index (χ2n) is 4.61. The van der Waals surface area contributed by atoms with E-state index in [2.05, 4.69) is 5.32 Å². The molecule has 0 radical (unpaired) electrons. The zero-order valence-electron chi connectivity index (χ0n) is 9.54. The molecule has 0 aromatic heterocycles. The van der Waals surface area contributed by atoms with E-state index >= 15 is 0 Å². The number of aryl methyl sites for hydroxylation is 1. The van der Waals surface area contributed by atoms with E-state index in [9.17, 15) is 9.50 Å². The summed E-state index contributed by atoms with van der Waals surface area (Å²) < 4.78 is 12.9. The van der Waals surface area contributed by atoms with Crippen LogP contribution in [-0.2, 0) is 0 Å². The zero-order valence-corrected chi connectivity index (χ0v) is 9.54. The highest BCUT2D eigenvalue weighted by Gasteiger charge is 2.19. The van der Waals surface area contributed by atoms with E-state index in [0.29, 0.717) is 6.04 Å². The largest absolute Gasteiger partial charge is 0.393 e. The maximum atomic E-state index is 12.9. The van der Waals surface area contributed by atoms with Crippen LogP contribution in [0, 0.1) is 12.7 Å². The third kappa shape index (κ3) is 2.73. The van der Waals surface area contributed by atoms with Gasteiger partial charge in [0.15, 0.2) is 0 Å². The molecule has 0 heterocycles. The first-order chi connectivity index (χ1) is 7.65. The quantitative estimate of drug-likeness (QED) is 0.808. The lowest BCUT2D eigenvalue weighted by Crippen LogP contribution is -2.28. The fourth-order valence-corrected chi connectivity index (χ4v) is 2.23. The first-order valence-electron chi connectivity index (χ1n) is 5.86. The minimum Gasteiger partial charge on any atom is -0.393 e. The Labute approximate surface area is 95.5 Å². The maximum absolute atomic E-state index is 12.9. The molecule has 0 atom stereocenters. The van der Waals surface area contributed by atoms with Gasteiger partial charge in [0.1, 0.15) is 5.82 Å². The lowest BCUT2D eigenvalue weighted by molar-refractivity contribution is 0.126. The predicted molar refractivity (Wildman–Crippen MR) is 63.0 cm³/mol. The zero-order chi connectivity index (χ0) is 11.5. The van der Waals surface area contributed by atoms with Crippen LogP contribution in [-0.4, -0.2) is 17.3 Å². The molecule has 1 aromatic carbocycles. The summed E-state index contributed by atoms with van der Waals surface area (Å²) >= 11 is 0. The number of nitrogens with one attached hydrogen (secondary N) is 1. The van der Waals surface area contributed by atoms with Gasteiger partial charge in [0, 0.05) is 11.7 Å². The van der Waals surface area contributed by atoms with Crippen molar-refractivity contribution in [2.45, 2.75) is 44.8 Å². The molecule has 1 saturated carbocycles. The number of hydrogen-bond acceptors (Lipinski definition) is 2. The molecule has 0 spiro atoms. The van der Waals surface area contributed by atoms with Gasteiger partial charge in [-0.15, -0.1) is 0 Å². The molecule has 1 fully saturated rings. The number of aliphatic hydroxyl groups is 1. The van der Waals surface area contributed by atoms with Crippen LogP contribution in [0.25, 0.3) is 0 Å². The number of anilines is 1. The van der Waals surface area contributed by atoms with Crippen LogP contribution in [0.2, 0.25) is 0 Å². The van der Waals surface area contributed by atoms with Crippen molar-refractivity contribution in [2.75, 3.05) is 5.32 Å². The third-order valence-electron chi connectivity index (χ3n) is 3.24. The van der Waals surface area contributed by atoms with Crippen LogP contribution < -0.4 is 5.32 Å². The van der Waals surface area contributed by atoms with Crippen LogP contribution in [0.3, 0.4) is 0 Å². The molecule has 1 aromatic rings. The van der Waals surface area contributed by atoms with Gasteiger partial charge in [0.25, 0.3) is 0 Å². The van der Waals surface area contributed by atoms with Crippen LogP contribution in [0.4, 0.5) is 10.1 Å². The Hall–Kier alpha value is -1.09. The molecule has 0 saturated heterocycles. The summed E-state index contributed by atoms with van der Waals surface area (Å²) in [6.45, 7) is 1.91. The first-order valence-corrected chi connectivity index (χ1v) is 5.86. The fraction of sp³-hybridized carbons (Fsp3) is 0.538. The second-order valence-corrected chi connectivity index (χ2v) is 4.61. The van der Waals surface area contributed by atoms with Crippen molar-refractivity contribution >= 4 is 5.69 Å². The van der Waals surface area contributed by atoms with E-state index in [1.54, 1.807) is 12.1 Å². The van der Waals surface area contributed by atoms with Gasteiger partial charge in [0.2, 0.25) is 0 Å². The van der Waals surface area contributed by atoms with Gasteiger partial charge in [-0.05, 0) is 56.4 Å². The third-order valence-corrected chi connectivity index (χ3v) is 3.24. The van der Waals surface area contributed by atoms with Crippen molar-refractivity contribution in [1.29, 1.82) is 0 Å². The molecular weight excluding hydrogens is 205 g/mol. The van der Waals surface area contributed by atoms with E-state index in [0.717, 1.165) is 36.9 Å². The lowest BCUT2D eigenvalue weighted by Gasteiger charge is -2.27. The van der Waals surface area contributed by atoms with E-state index < -0.39 is 0 Å². The molecule has 1 aliphatic rings. The Morgan fingerprint density at radius 3 is 2.56 bits per heavy atom. The van der Waals surface area contributed by atoms with E-state index in [1.807, 2.05) is 6.92 Å². The predicted octanol–water partition coefficient (Wildman–Crippen LogP) is 2.85. The molecule has 0 unspecified atom stereocenters. The SMILES string of the molecule is Cc1cc(F)ccc1N[C@H]1CC[C@H](O)CC1. The molecule has 0 amide bonds. The standard InChI is InChI=1S/C13H18FNO/c1-9-8-10(14)2-7-13(9)15-11-3-5-12(16)6-4-11/h2,7-8,11-12,15-16H,3-6H2,1H3/t11-,12-. The van der Waals surface area contributed by atoms with Gasteiger partial charge < -0.3 is 10.4 Å². The Kier molecular flexibility index (Phi) is 3.44. The Bertz CT molecular complexity index is 359. The average Bonchev–Trinajstić information content (AvgIpc) is 2.25. The Morgan fingerprint density at radius 2 is 1.94 bits per heavy atom. The van der Waals surface area contributed by atoms with E-state index in [4.69, 9.17) is 0 Å². The highest BCUT2D eigenvalue weighted by atomic mass is 19.1. The van der Waals surface area contributed by atoms with Gasteiger partial charge in [-0.25, -0.2) is 4.39 Å². The summed E-state index contributed by atoms with van der Waals surface area (Å²) in [5, 5.41) is 12.8. The van der Waals surface area contributed by atoms with Gasteiger partial charge in [-0.1, -0.05) is 0 Å². The van der Waals surface area contributed by atoms with Crippen LogP contribution >= 0.6 is 0 Å². The summed E-state index contributed by atoms with van der Waals surface area (Å²) in [4.78, 5) is 0. The number of rotatable bonds is 2. The van der Waals surface area contributed by atoms with Crippen molar-refractivity contribution in [3.8, 4) is 0 Å². The van der Waals surface area contributed by atoms with Gasteiger partial charge >= 0.3 is 0 Å². The molecule has 2 N–H and O–H groups in total. The molecule has 2 nitrogen and oxygen atoms in total. The normalized spacial score (nSPS) is 25.4. The highest BCUT2D eigenvalue weighted by molar-refractivity contribution is 5.51.